The van der Waals surface area contributed by atoms with E-state index in [9.17, 15) is 12.8 Å². The monoisotopic (exact) mass is 360 g/mol. The highest BCUT2D eigenvalue weighted by Gasteiger charge is 2.13. The van der Waals surface area contributed by atoms with Crippen molar-refractivity contribution in [2.75, 3.05) is 5.73 Å². The molecule has 0 aliphatic carbocycles. The van der Waals surface area contributed by atoms with Crippen LogP contribution in [0.25, 0.3) is 0 Å². The third kappa shape index (κ3) is 3.27. The zero-order chi connectivity index (χ0) is 14.9. The Morgan fingerprint density at radius 3 is 2.25 bits per heavy atom. The molecule has 0 spiro atoms. The molecule has 0 fully saturated rings. The Balaban J connectivity index is 2.31. The normalized spacial score (nSPS) is 11.3. The summed E-state index contributed by atoms with van der Waals surface area (Å²) in [7, 11) is -3.88. The number of benzene rings is 2. The number of nitrogens with two attached hydrogens (primary N) is 2. The minimum atomic E-state index is -3.88. The number of ether oxygens (including phenoxy) is 1. The van der Waals surface area contributed by atoms with Crippen molar-refractivity contribution in [3.63, 3.8) is 0 Å². The molecule has 106 valence electrons. The smallest absolute Gasteiger partial charge is 0.240 e. The van der Waals surface area contributed by atoms with Crippen LogP contribution in [0.3, 0.4) is 0 Å². The molecule has 0 unspecified atom stereocenters. The summed E-state index contributed by atoms with van der Waals surface area (Å²) in [6.45, 7) is 0. The van der Waals surface area contributed by atoms with E-state index in [1.54, 1.807) is 6.07 Å². The summed E-state index contributed by atoms with van der Waals surface area (Å²) < 4.78 is 41.4. The second kappa shape index (κ2) is 5.39. The van der Waals surface area contributed by atoms with Crippen molar-refractivity contribution in [2.24, 2.45) is 5.14 Å². The lowest BCUT2D eigenvalue weighted by molar-refractivity contribution is 0.476. The van der Waals surface area contributed by atoms with Crippen LogP contribution >= 0.6 is 15.9 Å². The van der Waals surface area contributed by atoms with Gasteiger partial charge in [0.25, 0.3) is 0 Å². The van der Waals surface area contributed by atoms with Gasteiger partial charge in [-0.3, -0.25) is 0 Å². The number of hydrogen-bond acceptors (Lipinski definition) is 4. The second-order valence-corrected chi connectivity index (χ2v) is 6.31. The van der Waals surface area contributed by atoms with Crippen LogP contribution in [0, 0.1) is 5.82 Å². The van der Waals surface area contributed by atoms with E-state index < -0.39 is 15.8 Å². The second-order valence-electron chi connectivity index (χ2n) is 3.92. The van der Waals surface area contributed by atoms with Gasteiger partial charge >= 0.3 is 0 Å². The molecular formula is C12H10BrFN2O3S. The van der Waals surface area contributed by atoms with Crippen LogP contribution in [0.2, 0.25) is 0 Å². The number of rotatable bonds is 3. The molecule has 0 saturated carbocycles. The summed E-state index contributed by atoms with van der Waals surface area (Å²) in [5, 5.41) is 4.99. The molecule has 8 heteroatoms. The van der Waals surface area contributed by atoms with E-state index >= 15 is 0 Å². The number of halogens is 2. The molecule has 20 heavy (non-hydrogen) atoms. The largest absolute Gasteiger partial charge is 0.457 e. The lowest BCUT2D eigenvalue weighted by Gasteiger charge is -2.09. The zero-order valence-corrected chi connectivity index (χ0v) is 12.4. The maximum Gasteiger partial charge on any atom is 0.240 e. The van der Waals surface area contributed by atoms with Crippen molar-refractivity contribution in [1.82, 2.24) is 0 Å². The maximum absolute atomic E-state index is 13.3. The number of primary sulfonamides is 1. The molecule has 0 saturated heterocycles. The Hall–Kier alpha value is -1.64. The van der Waals surface area contributed by atoms with Crippen molar-refractivity contribution in [1.29, 1.82) is 0 Å². The van der Waals surface area contributed by atoms with Gasteiger partial charge in [-0.05, 0) is 40.2 Å². The molecule has 4 N–H and O–H groups in total. The van der Waals surface area contributed by atoms with E-state index in [0.29, 0.717) is 4.47 Å². The third-order valence-corrected chi connectivity index (χ3v) is 4.04. The first-order chi connectivity index (χ1) is 9.27. The van der Waals surface area contributed by atoms with Gasteiger partial charge in [-0.25, -0.2) is 17.9 Å². The molecule has 0 amide bonds. The molecule has 0 bridgehead atoms. The molecule has 0 aliphatic rings. The molecule has 2 aromatic carbocycles. The van der Waals surface area contributed by atoms with Gasteiger partial charge in [0.1, 0.15) is 22.2 Å². The first-order valence-corrected chi connectivity index (χ1v) is 7.66. The van der Waals surface area contributed by atoms with E-state index in [2.05, 4.69) is 15.9 Å². The van der Waals surface area contributed by atoms with Crippen LogP contribution in [0.4, 0.5) is 10.1 Å². The Labute approximate surface area is 123 Å². The molecule has 5 nitrogen and oxygen atoms in total. The van der Waals surface area contributed by atoms with Crippen LogP contribution in [0.1, 0.15) is 0 Å². The average Bonchev–Trinajstić information content (AvgIpc) is 2.32. The third-order valence-electron chi connectivity index (χ3n) is 2.41. The molecular weight excluding hydrogens is 351 g/mol. The fraction of sp³-hybridized carbons (Fsp3) is 0. The van der Waals surface area contributed by atoms with Gasteiger partial charge < -0.3 is 10.5 Å². The van der Waals surface area contributed by atoms with E-state index in [4.69, 9.17) is 15.6 Å². The summed E-state index contributed by atoms with van der Waals surface area (Å²) in [6.07, 6.45) is 0. The van der Waals surface area contributed by atoms with Crippen molar-refractivity contribution < 1.29 is 17.5 Å². The quantitative estimate of drug-likeness (QED) is 0.822. The van der Waals surface area contributed by atoms with Crippen molar-refractivity contribution in [3.8, 4) is 11.5 Å². The fourth-order valence-electron chi connectivity index (χ4n) is 1.53. The molecule has 0 atom stereocenters. The first kappa shape index (κ1) is 14.8. The summed E-state index contributed by atoms with van der Waals surface area (Å²) in [5.74, 6) is 0.0571. The fourth-order valence-corrected chi connectivity index (χ4v) is 2.42. The summed E-state index contributed by atoms with van der Waals surface area (Å²) >= 11 is 3.03. The van der Waals surface area contributed by atoms with E-state index in [0.717, 1.165) is 0 Å². The van der Waals surface area contributed by atoms with E-state index in [1.807, 2.05) is 0 Å². The Bertz CT molecular complexity index is 765. The highest BCUT2D eigenvalue weighted by Crippen LogP contribution is 2.29. The van der Waals surface area contributed by atoms with Crippen molar-refractivity contribution in [3.05, 3.63) is 46.7 Å². The molecule has 0 aliphatic heterocycles. The lowest BCUT2D eigenvalue weighted by atomic mass is 10.3. The van der Waals surface area contributed by atoms with Gasteiger partial charge in [-0.15, -0.1) is 0 Å². The number of sulfonamides is 1. The van der Waals surface area contributed by atoms with Gasteiger partial charge in [0.05, 0.1) is 10.2 Å². The summed E-state index contributed by atoms with van der Waals surface area (Å²) in [6, 6.07) is 8.16. The van der Waals surface area contributed by atoms with E-state index in [-0.39, 0.29) is 22.1 Å². The number of hydrogen-bond donors (Lipinski definition) is 2. The number of anilines is 1. The molecule has 0 heterocycles. The minimum absolute atomic E-state index is 0.0393. The minimum Gasteiger partial charge on any atom is -0.457 e. The molecule has 2 rings (SSSR count). The van der Waals surface area contributed by atoms with Crippen molar-refractivity contribution in [2.45, 2.75) is 4.90 Å². The molecule has 0 aromatic heterocycles. The number of nitrogen functional groups attached to an aromatic ring is 1. The van der Waals surface area contributed by atoms with Crippen LogP contribution in [0.15, 0.2) is 45.8 Å². The predicted molar refractivity (Wildman–Crippen MR) is 76.4 cm³/mol. The van der Waals surface area contributed by atoms with Crippen LogP contribution in [-0.4, -0.2) is 8.42 Å². The van der Waals surface area contributed by atoms with Crippen molar-refractivity contribution >= 4 is 31.6 Å². The summed E-state index contributed by atoms with van der Waals surface area (Å²) in [5.41, 5.74) is 5.56. The highest BCUT2D eigenvalue weighted by atomic mass is 79.9. The van der Waals surface area contributed by atoms with Gasteiger partial charge in [0.15, 0.2) is 0 Å². The van der Waals surface area contributed by atoms with Crippen LogP contribution in [-0.2, 0) is 10.0 Å². The van der Waals surface area contributed by atoms with Gasteiger partial charge in [-0.1, -0.05) is 0 Å². The topological polar surface area (TPSA) is 95.4 Å². The summed E-state index contributed by atoms with van der Waals surface area (Å²) in [4.78, 5) is -0.188. The predicted octanol–water partition coefficient (Wildman–Crippen LogP) is 2.61. The Morgan fingerprint density at radius 2 is 1.70 bits per heavy atom. The average molecular weight is 361 g/mol. The highest BCUT2D eigenvalue weighted by molar-refractivity contribution is 9.10. The first-order valence-electron chi connectivity index (χ1n) is 5.32. The van der Waals surface area contributed by atoms with Gasteiger partial charge in [-0.2, -0.15) is 0 Å². The van der Waals surface area contributed by atoms with Gasteiger partial charge in [0.2, 0.25) is 10.0 Å². The SMILES string of the molecule is Nc1cc(Oc2ccc(Br)c(F)c2)ccc1S(N)(=O)=O. The van der Waals surface area contributed by atoms with Crippen LogP contribution < -0.4 is 15.6 Å². The molecule has 2 aromatic rings. The zero-order valence-electron chi connectivity index (χ0n) is 10.0. The molecule has 0 radical (unpaired) electrons. The Kier molecular flexibility index (Phi) is 3.98. The van der Waals surface area contributed by atoms with Crippen LogP contribution in [0.5, 0.6) is 11.5 Å². The standard InChI is InChI=1S/C12H10BrFN2O3S/c13-9-3-1-7(5-10(9)14)19-8-2-4-12(11(15)6-8)20(16,17)18/h1-6H,15H2,(H2,16,17,18). The Morgan fingerprint density at radius 1 is 1.10 bits per heavy atom. The van der Waals surface area contributed by atoms with Gasteiger partial charge in [0, 0.05) is 12.1 Å². The maximum atomic E-state index is 13.3. The lowest BCUT2D eigenvalue weighted by Crippen LogP contribution is -2.14. The van der Waals surface area contributed by atoms with E-state index in [1.165, 1.54) is 30.3 Å².